The Kier molecular flexibility index (Phi) is 14.9. The predicted molar refractivity (Wildman–Crippen MR) is 388 cm³/mol. The average molecular weight is 1330 g/mol. The van der Waals surface area contributed by atoms with E-state index in [1.807, 2.05) is 181 Å². The van der Waals surface area contributed by atoms with Crippen LogP contribution in [0.5, 0.6) is 23.0 Å². The highest BCUT2D eigenvalue weighted by molar-refractivity contribution is 5.98. The van der Waals surface area contributed by atoms with E-state index in [4.69, 9.17) is 9.47 Å². The van der Waals surface area contributed by atoms with Crippen LogP contribution in [0, 0.1) is 40.7 Å². The summed E-state index contributed by atoms with van der Waals surface area (Å²) in [6.07, 6.45) is 3.46. The van der Waals surface area contributed by atoms with E-state index >= 15 is 30.7 Å². The molecule has 17 rings (SSSR count). The van der Waals surface area contributed by atoms with Crippen molar-refractivity contribution in [1.29, 1.82) is 0 Å². The van der Waals surface area contributed by atoms with Crippen molar-refractivity contribution in [2.45, 2.75) is 10.8 Å². The second-order valence-corrected chi connectivity index (χ2v) is 25.2. The normalized spacial score (nSPS) is 15.0. The van der Waals surface area contributed by atoms with Gasteiger partial charge in [-0.1, -0.05) is 183 Å². The summed E-state index contributed by atoms with van der Waals surface area (Å²) >= 11 is 0. The molecule has 0 saturated heterocycles. The largest absolute Gasteiger partial charge is 0.457 e. The fourth-order valence-electron chi connectivity index (χ4n) is 15.6. The van der Waals surface area contributed by atoms with E-state index in [0.29, 0.717) is 101 Å². The van der Waals surface area contributed by atoms with Crippen molar-refractivity contribution in [2.75, 3.05) is 9.80 Å². The third-order valence-electron chi connectivity index (χ3n) is 19.9. The van der Waals surface area contributed by atoms with Crippen molar-refractivity contribution in [3.05, 3.63) is 407 Å². The molecule has 2 bridgehead atoms. The van der Waals surface area contributed by atoms with Crippen LogP contribution in [-0.4, -0.2) is 0 Å². The fourth-order valence-corrected chi connectivity index (χ4v) is 15.6. The Morgan fingerprint density at radius 1 is 0.307 bits per heavy atom. The first-order valence-electron chi connectivity index (χ1n) is 32.8. The molecule has 2 atom stereocenters. The maximum absolute atomic E-state index is 17.7. The molecule has 0 spiro atoms. The van der Waals surface area contributed by atoms with E-state index in [9.17, 15) is 0 Å². The Labute approximate surface area is 578 Å². The van der Waals surface area contributed by atoms with Crippen LogP contribution in [0.4, 0.5) is 64.9 Å². The van der Waals surface area contributed by atoms with Gasteiger partial charge >= 0.3 is 0 Å². The van der Waals surface area contributed by atoms with Crippen LogP contribution in [0.2, 0.25) is 0 Å². The van der Waals surface area contributed by atoms with Gasteiger partial charge in [-0.2, -0.15) is 0 Å². The number of halogens is 7. The quantitative estimate of drug-likeness (QED) is 0.101. The van der Waals surface area contributed by atoms with Crippen molar-refractivity contribution >= 4 is 46.3 Å². The highest BCUT2D eigenvalue weighted by Crippen LogP contribution is 2.63. The van der Waals surface area contributed by atoms with Gasteiger partial charge in [0.25, 0.3) is 0 Å². The SMILES string of the molecule is C=Cc1ccc(Oc2ccc(C3(c4c(F)cccc4F)c4ccccc4-c4ccc(N(c5ccc(-c6ccc(N7c8ccc9c(c8)C(c8c(F)cccc8F)(c8ccccc8-9)c8ccc(Oc9ccc(C=C)cc9)cc8-c8cccc(F)c87)cc6)cc5)c5c(F)cccc5F)cc43)cc2)cc1. The molecular formula is C90H55F7N2O2. The molecule has 1 aliphatic heterocycles. The number of hydrogen-bond donors (Lipinski definition) is 0. The fraction of sp³-hybridized carbons (Fsp3) is 0.0222. The van der Waals surface area contributed by atoms with Gasteiger partial charge in [0, 0.05) is 39.4 Å². The lowest BCUT2D eigenvalue weighted by Crippen LogP contribution is -2.32. The van der Waals surface area contributed by atoms with E-state index < -0.39 is 57.2 Å². The second-order valence-electron chi connectivity index (χ2n) is 25.2. The molecule has 1 heterocycles. The molecule has 0 fully saturated rings. The number of nitrogens with zero attached hydrogens (tertiary/aromatic N) is 2. The van der Waals surface area contributed by atoms with Crippen LogP contribution >= 0.6 is 0 Å². The second kappa shape index (κ2) is 24.4. The van der Waals surface area contributed by atoms with E-state index in [1.54, 1.807) is 72.8 Å². The van der Waals surface area contributed by atoms with Crippen LogP contribution in [0.15, 0.2) is 310 Å². The van der Waals surface area contributed by atoms with Crippen LogP contribution in [0.3, 0.4) is 0 Å². The molecule has 0 radical (unpaired) electrons. The van der Waals surface area contributed by atoms with E-state index in [0.717, 1.165) is 27.8 Å². The summed E-state index contributed by atoms with van der Waals surface area (Å²) in [4.78, 5) is 3.28. The molecule has 3 aliphatic rings. The highest BCUT2D eigenvalue weighted by atomic mass is 19.2. The lowest BCUT2D eigenvalue weighted by atomic mass is 9.65. The van der Waals surface area contributed by atoms with Crippen molar-refractivity contribution in [1.82, 2.24) is 0 Å². The number of fused-ring (bicyclic) bond motifs is 11. The van der Waals surface area contributed by atoms with Crippen molar-refractivity contribution in [3.8, 4) is 67.5 Å². The minimum atomic E-state index is -1.66. The first-order valence-corrected chi connectivity index (χ1v) is 32.8. The number of rotatable bonds is 14. The molecule has 2 unspecified atom stereocenters. The van der Waals surface area contributed by atoms with Gasteiger partial charge in [0.2, 0.25) is 0 Å². The predicted octanol–water partition coefficient (Wildman–Crippen LogP) is 24.8. The summed E-state index contributed by atoms with van der Waals surface area (Å²) in [6, 6.07) is 84.2. The Bertz CT molecular complexity index is 5620. The summed E-state index contributed by atoms with van der Waals surface area (Å²) < 4.78 is 133. The number of anilines is 6. The van der Waals surface area contributed by atoms with Gasteiger partial charge in [-0.15, -0.1) is 0 Å². The smallest absolute Gasteiger partial charge is 0.150 e. The van der Waals surface area contributed by atoms with Crippen LogP contribution < -0.4 is 19.3 Å². The molecule has 14 aromatic carbocycles. The minimum absolute atomic E-state index is 0.164. The lowest BCUT2D eigenvalue weighted by Gasteiger charge is -2.36. The number of hydrogen-bond acceptors (Lipinski definition) is 4. The topological polar surface area (TPSA) is 24.9 Å². The van der Waals surface area contributed by atoms with Crippen molar-refractivity contribution in [2.24, 2.45) is 0 Å². The molecule has 0 aromatic heterocycles. The molecule has 11 heteroatoms. The van der Waals surface area contributed by atoms with Crippen molar-refractivity contribution < 1.29 is 40.2 Å². The third kappa shape index (κ3) is 9.81. The Morgan fingerprint density at radius 3 is 1.30 bits per heavy atom. The summed E-state index contributed by atoms with van der Waals surface area (Å²) in [7, 11) is 0. The monoisotopic (exact) mass is 1330 g/mol. The molecule has 486 valence electrons. The molecule has 101 heavy (non-hydrogen) atoms. The summed E-state index contributed by atoms with van der Waals surface area (Å²) in [5.74, 6) is -3.46. The Hall–Kier alpha value is -12.7. The zero-order valence-electron chi connectivity index (χ0n) is 53.7. The maximum atomic E-state index is 17.7. The molecule has 14 aromatic rings. The van der Waals surface area contributed by atoms with Gasteiger partial charge in [-0.3, -0.25) is 0 Å². The molecular weight excluding hydrogens is 1270 g/mol. The lowest BCUT2D eigenvalue weighted by molar-refractivity contribution is 0.481. The molecule has 2 aliphatic carbocycles. The van der Waals surface area contributed by atoms with E-state index in [2.05, 4.69) is 13.2 Å². The first-order chi connectivity index (χ1) is 49.3. The van der Waals surface area contributed by atoms with Crippen molar-refractivity contribution in [3.63, 3.8) is 0 Å². The highest BCUT2D eigenvalue weighted by Gasteiger charge is 2.53. The van der Waals surface area contributed by atoms with Crippen LogP contribution in [0.25, 0.3) is 56.7 Å². The average Bonchev–Trinajstić information content (AvgIpc) is 1.55. The van der Waals surface area contributed by atoms with Gasteiger partial charge in [0.05, 0.1) is 16.5 Å². The van der Waals surface area contributed by atoms with Crippen LogP contribution in [-0.2, 0) is 10.8 Å². The third-order valence-corrected chi connectivity index (χ3v) is 19.9. The van der Waals surface area contributed by atoms with Gasteiger partial charge in [0.15, 0.2) is 0 Å². The number of benzene rings is 14. The van der Waals surface area contributed by atoms with E-state index in [1.165, 1.54) is 65.6 Å². The number of para-hydroxylation sites is 2. The first kappa shape index (κ1) is 61.8. The summed E-state index contributed by atoms with van der Waals surface area (Å²) in [5.41, 5.74) is 8.04. The molecule has 0 N–H and O–H groups in total. The van der Waals surface area contributed by atoms with Gasteiger partial charge in [-0.05, 0) is 223 Å². The van der Waals surface area contributed by atoms with Crippen LogP contribution in [0.1, 0.15) is 55.6 Å². The minimum Gasteiger partial charge on any atom is -0.457 e. The maximum Gasteiger partial charge on any atom is 0.150 e. The van der Waals surface area contributed by atoms with Gasteiger partial charge in [-0.25, -0.2) is 30.7 Å². The zero-order chi connectivity index (χ0) is 68.8. The standard InChI is InChI=1S/C90H55F7N2O2/c1-3-54-25-41-63(42-26-54)100-65-45-33-58(34-46-65)89(85-78(91)18-10-19-79(85)92)73-16-7-5-13-67(73)69-48-40-62(51-76(69)89)99(88-83(96)23-12-24-84(88)97)60-37-31-57(32-38-60)56-29-35-59(36-30-56)98-61-39-49-70-68-14-6-8-17-74(68)90(77(70)52-61,86-80(93)20-11-21-81(86)94)75-50-47-66(101-64-43-27-55(4-2)28-44-64)53-72(75)71-15-9-22-82(95)87(71)98/h3-53H,1-2H2. The summed E-state index contributed by atoms with van der Waals surface area (Å²) in [5, 5.41) is 0. The van der Waals surface area contributed by atoms with Gasteiger partial charge in [0.1, 0.15) is 69.4 Å². The Morgan fingerprint density at radius 2 is 0.723 bits per heavy atom. The zero-order valence-corrected chi connectivity index (χ0v) is 53.7. The number of ether oxygens (including phenoxy) is 2. The Balaban J connectivity index is 0.789. The molecule has 4 nitrogen and oxygen atoms in total. The molecule has 0 saturated carbocycles. The van der Waals surface area contributed by atoms with Gasteiger partial charge < -0.3 is 19.3 Å². The van der Waals surface area contributed by atoms with E-state index in [-0.39, 0.29) is 22.5 Å². The summed E-state index contributed by atoms with van der Waals surface area (Å²) in [6.45, 7) is 7.72. The molecule has 0 amide bonds.